The number of hydrogen-bond donors (Lipinski definition) is 0. The lowest BCUT2D eigenvalue weighted by Crippen LogP contribution is -2.35. The monoisotopic (exact) mass is 505 g/mol. The Kier molecular flexibility index (Phi) is 36.4. The average molecular weight is 506 g/mol. The Morgan fingerprint density at radius 3 is 1.29 bits per heavy atom. The van der Waals surface area contributed by atoms with Crippen LogP contribution in [0.2, 0.25) is 0 Å². The molecule has 0 saturated carbocycles. The maximum Gasteiger partial charge on any atom is 0.197 e. The summed E-state index contributed by atoms with van der Waals surface area (Å²) in [5, 5.41) is 0. The Morgan fingerprint density at radius 2 is 1.15 bits per heavy atom. The lowest BCUT2D eigenvalue weighted by Gasteiger charge is -2.23. The van der Waals surface area contributed by atoms with Crippen LogP contribution in [0.5, 0.6) is 0 Å². The van der Waals surface area contributed by atoms with E-state index in [1.807, 2.05) is 13.8 Å². The van der Waals surface area contributed by atoms with Crippen molar-refractivity contribution < 1.29 is 13.6 Å². The Hall–Kier alpha value is -0.930. The van der Waals surface area contributed by atoms with E-state index < -0.39 is 7.37 Å². The largest absolute Gasteiger partial charge is 0.331 e. The van der Waals surface area contributed by atoms with Gasteiger partial charge in [-0.25, -0.2) is 0 Å². The topological polar surface area (TPSA) is 29.5 Å². The van der Waals surface area contributed by atoms with Crippen molar-refractivity contribution in [3.63, 3.8) is 0 Å². The zero-order valence-corrected chi connectivity index (χ0v) is 24.8. The maximum atomic E-state index is 10.9. The third kappa shape index (κ3) is 77.3. The molecule has 0 amide bonds. The molecular formula is C29H66N2O2P+. The molecule has 0 bridgehead atoms. The van der Waals surface area contributed by atoms with Gasteiger partial charge in [0, 0.05) is 26.3 Å². The van der Waals surface area contributed by atoms with Crippen molar-refractivity contribution in [3.05, 3.63) is 48.6 Å². The van der Waals surface area contributed by atoms with Crippen LogP contribution in [0.1, 0.15) is 75.2 Å². The van der Waals surface area contributed by atoms with Crippen LogP contribution in [0.3, 0.4) is 0 Å². The molecule has 208 valence electrons. The lowest BCUT2D eigenvalue weighted by molar-refractivity contribution is -0.870. The fourth-order valence-corrected chi connectivity index (χ4v) is 1.91. The molecular weight excluding hydrogens is 439 g/mol. The molecule has 0 radical (unpaired) electrons. The van der Waals surface area contributed by atoms with Crippen LogP contribution in [0.25, 0.3) is 0 Å². The van der Waals surface area contributed by atoms with Gasteiger partial charge in [0.05, 0.1) is 34.3 Å². The summed E-state index contributed by atoms with van der Waals surface area (Å²) in [6.45, 7) is 31.3. The van der Waals surface area contributed by atoms with Gasteiger partial charge in [0.2, 0.25) is 0 Å². The molecule has 0 N–H and O–H groups in total. The molecule has 0 aromatic rings. The molecule has 0 saturated heterocycles. The summed E-state index contributed by atoms with van der Waals surface area (Å²) >= 11 is 0. The zero-order chi connectivity index (χ0) is 26.5. The van der Waals surface area contributed by atoms with Crippen molar-refractivity contribution in [2.45, 2.75) is 75.2 Å². The number of allylic oxidation sites excluding steroid dienone is 1. The van der Waals surface area contributed by atoms with Gasteiger partial charge >= 0.3 is 0 Å². The predicted octanol–water partition coefficient (Wildman–Crippen LogP) is 8.92. The number of hydrogen-bond acceptors (Lipinski definition) is 3. The second kappa shape index (κ2) is 26.7. The number of quaternary nitrogens is 1. The van der Waals surface area contributed by atoms with Crippen molar-refractivity contribution in [1.82, 2.24) is 4.90 Å². The molecule has 0 aliphatic rings. The molecule has 0 aromatic heterocycles. The highest BCUT2D eigenvalue weighted by atomic mass is 31.2. The minimum atomic E-state index is -2.26. The van der Waals surface area contributed by atoms with Crippen LogP contribution in [-0.4, -0.2) is 77.6 Å². The van der Waals surface area contributed by atoms with Crippen LogP contribution in [0, 0.1) is 0 Å². The van der Waals surface area contributed by atoms with Gasteiger partial charge in [-0.3, -0.25) is 4.57 Å². The van der Waals surface area contributed by atoms with E-state index in [4.69, 9.17) is 4.52 Å². The van der Waals surface area contributed by atoms with E-state index >= 15 is 0 Å². The average Bonchev–Trinajstić information content (AvgIpc) is 2.58. The Labute approximate surface area is 217 Å². The highest BCUT2D eigenvalue weighted by Gasteiger charge is 2.05. The molecule has 0 aliphatic carbocycles. The maximum absolute atomic E-state index is 10.9. The standard InChI is InChI=1S/C8H18N.C7H15N.C7H15O2P.C5H10.2CH4/c1-8(2)6-7-9(3,4)5;1-7(2)5-6-8(3)4;1-7(2)5-6-9-10(3,4)8;1-4-5(2)3;;/h1,6-7H2,2-5H3;1,5-6H2,2-4H3;1,5-6H2,2-4H3;2,4H2,1,3H3;2*1H4/q+1;;;;;. The summed E-state index contributed by atoms with van der Waals surface area (Å²) in [7, 11) is 8.47. The van der Waals surface area contributed by atoms with Gasteiger partial charge < -0.3 is 13.9 Å². The Bertz CT molecular complexity index is 567. The van der Waals surface area contributed by atoms with Crippen molar-refractivity contribution in [2.24, 2.45) is 0 Å². The SMILES string of the molecule is C.C.C=C(C)CC.C=C(C)CCN(C)C.C=C(C)CCOP(C)(C)=O.C=C(C)CC[N+](C)(C)C. The first kappa shape index (κ1) is 46.4. The molecule has 0 atom stereocenters. The van der Waals surface area contributed by atoms with E-state index in [2.05, 4.69) is 87.2 Å². The first-order valence-electron chi connectivity index (χ1n) is 11.5. The Morgan fingerprint density at radius 1 is 0.794 bits per heavy atom. The second-order valence-electron chi connectivity index (χ2n) is 10.3. The molecule has 0 fully saturated rings. The van der Waals surface area contributed by atoms with Gasteiger partial charge in [0.25, 0.3) is 0 Å². The summed E-state index contributed by atoms with van der Waals surface area (Å²) in [4.78, 5) is 2.16. The van der Waals surface area contributed by atoms with Crippen LogP contribution < -0.4 is 0 Å². The normalized spacial score (nSPS) is 9.91. The highest BCUT2D eigenvalue weighted by Crippen LogP contribution is 2.37. The molecule has 0 spiro atoms. The van der Waals surface area contributed by atoms with Crippen molar-refractivity contribution in [1.29, 1.82) is 0 Å². The fraction of sp³-hybridized carbons (Fsp3) is 0.724. The summed E-state index contributed by atoms with van der Waals surface area (Å²) in [6.07, 6.45) is 4.17. The molecule has 0 aliphatic heterocycles. The van der Waals surface area contributed by atoms with E-state index in [1.54, 1.807) is 13.3 Å². The lowest BCUT2D eigenvalue weighted by atomic mass is 10.2. The minimum Gasteiger partial charge on any atom is -0.331 e. The van der Waals surface area contributed by atoms with E-state index in [1.165, 1.54) is 23.3 Å². The predicted molar refractivity (Wildman–Crippen MR) is 164 cm³/mol. The van der Waals surface area contributed by atoms with Gasteiger partial charge in [0.1, 0.15) is 0 Å². The van der Waals surface area contributed by atoms with Crippen LogP contribution in [0.15, 0.2) is 48.6 Å². The summed E-state index contributed by atoms with van der Waals surface area (Å²) in [5.74, 6) is 0. The summed E-state index contributed by atoms with van der Waals surface area (Å²) < 4.78 is 17.0. The van der Waals surface area contributed by atoms with Crippen molar-refractivity contribution >= 4 is 7.37 Å². The number of rotatable bonds is 11. The van der Waals surface area contributed by atoms with Crippen LogP contribution in [-0.2, 0) is 9.09 Å². The van der Waals surface area contributed by atoms with Gasteiger partial charge in [-0.15, -0.1) is 19.7 Å². The van der Waals surface area contributed by atoms with Gasteiger partial charge in [0.15, 0.2) is 7.37 Å². The van der Waals surface area contributed by atoms with Crippen LogP contribution in [0.4, 0.5) is 0 Å². The van der Waals surface area contributed by atoms with Gasteiger partial charge in [-0.1, -0.05) is 50.6 Å². The molecule has 0 rings (SSSR count). The Balaban J connectivity index is -0.0000000772. The smallest absolute Gasteiger partial charge is 0.197 e. The van der Waals surface area contributed by atoms with Crippen molar-refractivity contribution in [3.8, 4) is 0 Å². The number of nitrogens with zero attached hydrogens (tertiary/aromatic N) is 2. The van der Waals surface area contributed by atoms with E-state index in [-0.39, 0.29) is 14.9 Å². The first-order chi connectivity index (χ1) is 14.2. The highest BCUT2D eigenvalue weighted by molar-refractivity contribution is 7.57. The van der Waals surface area contributed by atoms with Crippen molar-refractivity contribution in [2.75, 3.05) is 68.3 Å². The third-order valence-electron chi connectivity index (χ3n) is 3.73. The fourth-order valence-electron chi connectivity index (χ4n) is 1.38. The molecule has 0 unspecified atom stereocenters. The molecule has 0 aromatic carbocycles. The quantitative estimate of drug-likeness (QED) is 0.159. The second-order valence-corrected chi connectivity index (χ2v) is 13.1. The molecule has 34 heavy (non-hydrogen) atoms. The first-order valence-corrected chi connectivity index (χ1v) is 14.0. The molecule has 5 heteroatoms. The molecule has 4 nitrogen and oxygen atoms in total. The van der Waals surface area contributed by atoms with Gasteiger partial charge in [-0.2, -0.15) is 0 Å². The van der Waals surface area contributed by atoms with Crippen LogP contribution >= 0.6 is 7.37 Å². The third-order valence-corrected chi connectivity index (χ3v) is 4.53. The summed E-state index contributed by atoms with van der Waals surface area (Å²) in [5.41, 5.74) is 4.86. The minimum absolute atomic E-state index is 0. The van der Waals surface area contributed by atoms with Gasteiger partial charge in [-0.05, 0) is 61.1 Å². The van der Waals surface area contributed by atoms with E-state index in [0.29, 0.717) is 6.61 Å². The van der Waals surface area contributed by atoms with E-state index in [9.17, 15) is 4.57 Å². The van der Waals surface area contributed by atoms with E-state index in [0.717, 1.165) is 42.3 Å². The molecule has 0 heterocycles. The summed E-state index contributed by atoms with van der Waals surface area (Å²) in [6, 6.07) is 0. The zero-order valence-electron chi connectivity index (χ0n) is 23.9.